The van der Waals surface area contributed by atoms with E-state index in [1.807, 2.05) is 13.8 Å². The molecule has 0 aliphatic carbocycles. The van der Waals surface area contributed by atoms with Gasteiger partial charge in [0.05, 0.1) is 0 Å². The van der Waals surface area contributed by atoms with Crippen molar-refractivity contribution in [2.24, 2.45) is 5.73 Å². The van der Waals surface area contributed by atoms with Crippen LogP contribution in [-0.4, -0.2) is 4.99 Å². The Bertz CT molecular complexity index is 300. The third-order valence-electron chi connectivity index (χ3n) is 1.19. The summed E-state index contributed by atoms with van der Waals surface area (Å²) in [6, 6.07) is 2.97. The summed E-state index contributed by atoms with van der Waals surface area (Å²) < 4.78 is 25.1. The summed E-state index contributed by atoms with van der Waals surface area (Å²) in [6.07, 6.45) is 0. The first-order valence-electron chi connectivity index (χ1n) is 3.86. The van der Waals surface area contributed by atoms with Crippen molar-refractivity contribution in [3.8, 4) is 0 Å². The number of benzene rings is 1. The van der Waals surface area contributed by atoms with Crippen LogP contribution in [0, 0.1) is 11.6 Å². The smallest absolute Gasteiger partial charge is 0.133 e. The molecule has 0 radical (unpaired) electrons. The third kappa shape index (κ3) is 3.46. The summed E-state index contributed by atoms with van der Waals surface area (Å²) >= 11 is 4.48. The van der Waals surface area contributed by atoms with Crippen molar-refractivity contribution in [2.45, 2.75) is 13.8 Å². The Balaban J connectivity index is 0.000000671. The lowest BCUT2D eigenvalue weighted by atomic mass is 10.2. The maximum atomic E-state index is 12.7. The van der Waals surface area contributed by atoms with Gasteiger partial charge in [0, 0.05) is 5.56 Å². The van der Waals surface area contributed by atoms with Gasteiger partial charge in [0.1, 0.15) is 16.6 Å². The molecule has 2 N–H and O–H groups in total. The van der Waals surface area contributed by atoms with E-state index in [0.717, 1.165) is 18.2 Å². The molecule has 0 saturated carbocycles. The van der Waals surface area contributed by atoms with E-state index < -0.39 is 11.6 Å². The fourth-order valence-corrected chi connectivity index (χ4v) is 0.843. The van der Waals surface area contributed by atoms with E-state index in [0.29, 0.717) is 0 Å². The number of thiocarbonyl (C=S) groups is 1. The van der Waals surface area contributed by atoms with Crippen LogP contribution in [0.2, 0.25) is 0 Å². The Morgan fingerprint density at radius 3 is 2.23 bits per heavy atom. The zero-order valence-electron chi connectivity index (χ0n) is 7.47. The van der Waals surface area contributed by atoms with E-state index in [1.165, 1.54) is 0 Å². The predicted molar refractivity (Wildman–Crippen MR) is 53.6 cm³/mol. The molecule has 13 heavy (non-hydrogen) atoms. The van der Waals surface area contributed by atoms with Crippen LogP contribution in [-0.2, 0) is 0 Å². The Kier molecular flexibility index (Phi) is 5.14. The van der Waals surface area contributed by atoms with Gasteiger partial charge in [-0.1, -0.05) is 26.1 Å². The molecule has 1 aromatic rings. The van der Waals surface area contributed by atoms with Crippen LogP contribution in [0.3, 0.4) is 0 Å². The molecular weight excluding hydrogens is 192 g/mol. The molecule has 0 aliphatic rings. The molecule has 0 spiro atoms. The van der Waals surface area contributed by atoms with Crippen molar-refractivity contribution in [3.63, 3.8) is 0 Å². The van der Waals surface area contributed by atoms with Crippen LogP contribution in [0.1, 0.15) is 19.4 Å². The molecule has 0 amide bonds. The molecule has 0 unspecified atom stereocenters. The average Bonchev–Trinajstić information content (AvgIpc) is 2.12. The first-order valence-corrected chi connectivity index (χ1v) is 4.27. The van der Waals surface area contributed by atoms with Gasteiger partial charge >= 0.3 is 0 Å². The van der Waals surface area contributed by atoms with Crippen LogP contribution in [0.4, 0.5) is 8.78 Å². The predicted octanol–water partition coefficient (Wildman–Crippen LogP) is 2.63. The normalized spacial score (nSPS) is 8.62. The minimum atomic E-state index is -0.598. The van der Waals surface area contributed by atoms with Crippen LogP contribution < -0.4 is 5.73 Å². The van der Waals surface area contributed by atoms with Crippen molar-refractivity contribution in [2.75, 3.05) is 0 Å². The monoisotopic (exact) mass is 203 g/mol. The van der Waals surface area contributed by atoms with Crippen molar-refractivity contribution >= 4 is 17.2 Å². The second kappa shape index (κ2) is 5.59. The van der Waals surface area contributed by atoms with Gasteiger partial charge in [-0.15, -0.1) is 0 Å². The molecule has 0 saturated heterocycles. The van der Waals surface area contributed by atoms with Gasteiger partial charge in [0.25, 0.3) is 0 Å². The molecule has 0 aromatic heterocycles. The molecule has 72 valence electrons. The highest BCUT2D eigenvalue weighted by Gasteiger charge is 2.04. The number of nitrogens with two attached hydrogens (primary N) is 1. The minimum Gasteiger partial charge on any atom is -0.389 e. The summed E-state index contributed by atoms with van der Waals surface area (Å²) in [6.45, 7) is 4.00. The van der Waals surface area contributed by atoms with Gasteiger partial charge in [0.2, 0.25) is 0 Å². The summed E-state index contributed by atoms with van der Waals surface area (Å²) in [4.78, 5) is -0.137. The topological polar surface area (TPSA) is 26.0 Å². The van der Waals surface area contributed by atoms with Crippen LogP contribution >= 0.6 is 12.2 Å². The molecule has 0 atom stereocenters. The highest BCUT2D eigenvalue weighted by Crippen LogP contribution is 2.08. The first-order chi connectivity index (χ1) is 6.11. The fraction of sp³-hybridized carbons (Fsp3) is 0.222. The lowest BCUT2D eigenvalue weighted by molar-refractivity contribution is 0.598. The molecule has 0 aliphatic heterocycles. The Hall–Kier alpha value is -1.03. The lowest BCUT2D eigenvalue weighted by Crippen LogP contribution is -2.11. The van der Waals surface area contributed by atoms with Gasteiger partial charge in [-0.3, -0.25) is 0 Å². The molecule has 1 aromatic carbocycles. The summed E-state index contributed by atoms with van der Waals surface area (Å²) in [5, 5.41) is 0. The SMILES string of the molecule is CC.NC(=S)c1cc(F)ccc1F. The minimum absolute atomic E-state index is 0.0556. The highest BCUT2D eigenvalue weighted by atomic mass is 32.1. The molecule has 1 rings (SSSR count). The van der Waals surface area contributed by atoms with Crippen molar-refractivity contribution in [1.82, 2.24) is 0 Å². The van der Waals surface area contributed by atoms with Gasteiger partial charge in [-0.05, 0) is 18.2 Å². The number of halogens is 2. The maximum absolute atomic E-state index is 12.7. The molecule has 1 nitrogen and oxygen atoms in total. The fourth-order valence-electron chi connectivity index (χ4n) is 0.686. The Morgan fingerprint density at radius 2 is 1.85 bits per heavy atom. The molecule has 0 fully saturated rings. The Morgan fingerprint density at radius 1 is 1.31 bits per heavy atom. The van der Waals surface area contributed by atoms with E-state index in [9.17, 15) is 8.78 Å². The second-order valence-corrected chi connectivity index (χ2v) is 2.43. The summed E-state index contributed by atoms with van der Waals surface area (Å²) in [5.74, 6) is -1.15. The van der Waals surface area contributed by atoms with E-state index in [4.69, 9.17) is 5.73 Å². The van der Waals surface area contributed by atoms with Crippen molar-refractivity contribution in [1.29, 1.82) is 0 Å². The molecule has 0 bridgehead atoms. The van der Waals surface area contributed by atoms with E-state index >= 15 is 0 Å². The van der Waals surface area contributed by atoms with Gasteiger partial charge in [0.15, 0.2) is 0 Å². The van der Waals surface area contributed by atoms with E-state index in [1.54, 1.807) is 0 Å². The maximum Gasteiger partial charge on any atom is 0.133 e. The third-order valence-corrected chi connectivity index (χ3v) is 1.41. The standard InChI is InChI=1S/C7H5F2NS.C2H6/c8-4-1-2-6(9)5(3-4)7(10)11;1-2/h1-3H,(H2,10,11);1-2H3. The van der Waals surface area contributed by atoms with Crippen molar-refractivity contribution < 1.29 is 8.78 Å². The summed E-state index contributed by atoms with van der Waals surface area (Å²) in [7, 11) is 0. The zero-order valence-corrected chi connectivity index (χ0v) is 8.29. The molecule has 4 heteroatoms. The van der Waals surface area contributed by atoms with Crippen LogP contribution in [0.5, 0.6) is 0 Å². The van der Waals surface area contributed by atoms with Crippen LogP contribution in [0.25, 0.3) is 0 Å². The van der Waals surface area contributed by atoms with E-state index in [2.05, 4.69) is 12.2 Å². The number of hydrogen-bond donors (Lipinski definition) is 1. The quantitative estimate of drug-likeness (QED) is 0.710. The Labute approximate surface area is 81.6 Å². The van der Waals surface area contributed by atoms with E-state index in [-0.39, 0.29) is 10.6 Å². The first kappa shape index (κ1) is 12.0. The largest absolute Gasteiger partial charge is 0.389 e. The lowest BCUT2D eigenvalue weighted by Gasteiger charge is -1.98. The van der Waals surface area contributed by atoms with Gasteiger partial charge in [-0.2, -0.15) is 0 Å². The molecule has 0 heterocycles. The number of hydrogen-bond acceptors (Lipinski definition) is 1. The highest BCUT2D eigenvalue weighted by molar-refractivity contribution is 7.80. The van der Waals surface area contributed by atoms with Crippen LogP contribution in [0.15, 0.2) is 18.2 Å². The van der Waals surface area contributed by atoms with Gasteiger partial charge < -0.3 is 5.73 Å². The summed E-state index contributed by atoms with van der Waals surface area (Å²) in [5.41, 5.74) is 5.05. The average molecular weight is 203 g/mol. The van der Waals surface area contributed by atoms with Crippen molar-refractivity contribution in [3.05, 3.63) is 35.4 Å². The zero-order chi connectivity index (χ0) is 10.4. The van der Waals surface area contributed by atoms with Gasteiger partial charge in [-0.25, -0.2) is 8.78 Å². The second-order valence-electron chi connectivity index (χ2n) is 1.99. The molecular formula is C9H11F2NS. The number of rotatable bonds is 1.